The van der Waals surface area contributed by atoms with Crippen LogP contribution in [0.25, 0.3) is 5.69 Å². The smallest absolute Gasteiger partial charge is 0.214 e. The lowest BCUT2D eigenvalue weighted by atomic mass is 10.1. The van der Waals surface area contributed by atoms with Crippen LogP contribution >= 0.6 is 23.2 Å². The third kappa shape index (κ3) is 2.58. The van der Waals surface area contributed by atoms with Gasteiger partial charge in [-0.25, -0.2) is 4.68 Å². The van der Waals surface area contributed by atoms with Gasteiger partial charge in [0.15, 0.2) is 0 Å². The first kappa shape index (κ1) is 13.9. The van der Waals surface area contributed by atoms with Crippen molar-refractivity contribution in [2.24, 2.45) is 0 Å². The molecule has 0 saturated carbocycles. The number of carbonyl (C=O) groups excluding carboxylic acids is 1. The van der Waals surface area contributed by atoms with Crippen LogP contribution in [0.3, 0.4) is 0 Å². The predicted molar refractivity (Wildman–Crippen MR) is 83.5 cm³/mol. The molecule has 0 aliphatic rings. The summed E-state index contributed by atoms with van der Waals surface area (Å²) < 4.78 is 1.57. The first-order chi connectivity index (χ1) is 10.2. The van der Waals surface area contributed by atoms with Gasteiger partial charge in [0.1, 0.15) is 5.69 Å². The van der Waals surface area contributed by atoms with E-state index in [1.165, 1.54) is 0 Å². The van der Waals surface area contributed by atoms with E-state index in [9.17, 15) is 4.79 Å². The third-order valence-electron chi connectivity index (χ3n) is 3.07. The molecule has 3 nitrogen and oxygen atoms in total. The lowest BCUT2D eigenvalue weighted by Gasteiger charge is -2.09. The number of rotatable bonds is 3. The minimum atomic E-state index is -0.257. The van der Waals surface area contributed by atoms with Crippen molar-refractivity contribution in [1.29, 1.82) is 0 Å². The van der Waals surface area contributed by atoms with Crippen LogP contribution in [0.5, 0.6) is 0 Å². The molecule has 0 fully saturated rings. The van der Waals surface area contributed by atoms with Crippen molar-refractivity contribution in [3.63, 3.8) is 0 Å². The molecule has 3 aromatic rings. The maximum absolute atomic E-state index is 12.7. The maximum Gasteiger partial charge on any atom is 0.214 e. The van der Waals surface area contributed by atoms with Crippen molar-refractivity contribution >= 4 is 29.0 Å². The number of benzene rings is 2. The fourth-order valence-corrected chi connectivity index (χ4v) is 2.66. The molecule has 0 radical (unpaired) electrons. The average molecular weight is 317 g/mol. The van der Waals surface area contributed by atoms with Crippen LogP contribution in [-0.2, 0) is 0 Å². The van der Waals surface area contributed by atoms with Crippen molar-refractivity contribution in [3.05, 3.63) is 82.1 Å². The Morgan fingerprint density at radius 2 is 1.57 bits per heavy atom. The molecule has 0 aliphatic carbocycles. The molecule has 0 amide bonds. The number of hydrogen-bond donors (Lipinski definition) is 0. The van der Waals surface area contributed by atoms with Gasteiger partial charge in [0.25, 0.3) is 0 Å². The minimum Gasteiger partial charge on any atom is -0.287 e. The fraction of sp³-hybridized carbons (Fsp3) is 0. The number of para-hydroxylation sites is 1. The summed E-state index contributed by atoms with van der Waals surface area (Å²) in [6.07, 6.45) is 1.57. The number of aromatic nitrogens is 2. The molecule has 1 heterocycles. The highest BCUT2D eigenvalue weighted by molar-refractivity contribution is 6.40. The van der Waals surface area contributed by atoms with E-state index in [1.54, 1.807) is 35.1 Å². The summed E-state index contributed by atoms with van der Waals surface area (Å²) in [6, 6.07) is 16.1. The van der Waals surface area contributed by atoms with Crippen molar-refractivity contribution < 1.29 is 4.79 Å². The number of halogens is 2. The zero-order valence-corrected chi connectivity index (χ0v) is 12.3. The van der Waals surface area contributed by atoms with Crippen LogP contribution in [0.2, 0.25) is 10.0 Å². The molecule has 1 aromatic heterocycles. The van der Waals surface area contributed by atoms with Gasteiger partial charge in [-0.1, -0.05) is 47.5 Å². The highest BCUT2D eigenvalue weighted by Gasteiger charge is 2.20. The quantitative estimate of drug-likeness (QED) is 0.671. The second kappa shape index (κ2) is 5.72. The summed E-state index contributed by atoms with van der Waals surface area (Å²) in [5.74, 6) is -0.257. The fourth-order valence-electron chi connectivity index (χ4n) is 2.09. The summed E-state index contributed by atoms with van der Waals surface area (Å²) in [5, 5.41) is 4.86. The Labute approximate surface area is 131 Å². The lowest BCUT2D eigenvalue weighted by molar-refractivity contribution is 0.103. The zero-order valence-electron chi connectivity index (χ0n) is 10.8. The van der Waals surface area contributed by atoms with Crippen molar-refractivity contribution in [3.8, 4) is 5.69 Å². The molecule has 0 spiro atoms. The molecular weight excluding hydrogens is 307 g/mol. The predicted octanol–water partition coefficient (Wildman–Crippen LogP) is 4.41. The molecule has 0 saturated heterocycles. The second-order valence-corrected chi connectivity index (χ2v) is 5.20. The molecule has 104 valence electrons. The number of ketones is 1. The Morgan fingerprint density at radius 3 is 2.24 bits per heavy atom. The average Bonchev–Trinajstić information content (AvgIpc) is 2.97. The molecule has 0 aliphatic heterocycles. The number of carbonyl (C=O) groups is 1. The van der Waals surface area contributed by atoms with E-state index in [2.05, 4.69) is 5.10 Å². The topological polar surface area (TPSA) is 34.9 Å². The minimum absolute atomic E-state index is 0.257. The van der Waals surface area contributed by atoms with Gasteiger partial charge in [0, 0.05) is 0 Å². The van der Waals surface area contributed by atoms with E-state index in [4.69, 9.17) is 23.2 Å². The number of nitrogens with zero attached hydrogens (tertiary/aromatic N) is 2. The molecule has 0 unspecified atom stereocenters. The van der Waals surface area contributed by atoms with Crippen LogP contribution in [0.15, 0.2) is 60.8 Å². The summed E-state index contributed by atoms with van der Waals surface area (Å²) in [7, 11) is 0. The van der Waals surface area contributed by atoms with Gasteiger partial charge < -0.3 is 0 Å². The highest BCUT2D eigenvalue weighted by Crippen LogP contribution is 2.27. The summed E-state index contributed by atoms with van der Waals surface area (Å²) >= 11 is 12.2. The van der Waals surface area contributed by atoms with E-state index in [1.807, 2.05) is 30.3 Å². The van der Waals surface area contributed by atoms with Crippen LogP contribution in [0.4, 0.5) is 0 Å². The third-order valence-corrected chi connectivity index (χ3v) is 3.70. The van der Waals surface area contributed by atoms with Gasteiger partial charge in [-0.15, -0.1) is 0 Å². The SMILES string of the molecule is O=C(c1c(Cl)cccc1Cl)c1ccnn1-c1ccccc1. The van der Waals surface area contributed by atoms with Crippen LogP contribution < -0.4 is 0 Å². The largest absolute Gasteiger partial charge is 0.287 e. The van der Waals surface area contributed by atoms with Crippen molar-refractivity contribution in [2.45, 2.75) is 0 Å². The summed E-state index contributed by atoms with van der Waals surface area (Å²) in [5.41, 5.74) is 1.50. The Balaban J connectivity index is 2.11. The van der Waals surface area contributed by atoms with Gasteiger partial charge in [-0.05, 0) is 30.3 Å². The van der Waals surface area contributed by atoms with Crippen LogP contribution in [-0.4, -0.2) is 15.6 Å². The Morgan fingerprint density at radius 1 is 0.905 bits per heavy atom. The zero-order chi connectivity index (χ0) is 14.8. The number of hydrogen-bond acceptors (Lipinski definition) is 2. The van der Waals surface area contributed by atoms with Crippen LogP contribution in [0, 0.1) is 0 Å². The Kier molecular flexibility index (Phi) is 3.78. The monoisotopic (exact) mass is 316 g/mol. The Hall–Kier alpha value is -2.10. The van der Waals surface area contributed by atoms with Gasteiger partial charge in [0.2, 0.25) is 5.78 Å². The molecule has 2 aromatic carbocycles. The molecule has 21 heavy (non-hydrogen) atoms. The first-order valence-electron chi connectivity index (χ1n) is 6.26. The standard InChI is InChI=1S/C16H10Cl2N2O/c17-12-7-4-8-13(18)15(12)16(21)14-9-10-19-20(14)11-5-2-1-3-6-11/h1-10H. The molecule has 5 heteroatoms. The molecule has 0 atom stereocenters. The van der Waals surface area contributed by atoms with Crippen molar-refractivity contribution in [1.82, 2.24) is 9.78 Å². The molecule has 3 rings (SSSR count). The van der Waals surface area contributed by atoms with E-state index < -0.39 is 0 Å². The summed E-state index contributed by atoms with van der Waals surface area (Å²) in [6.45, 7) is 0. The van der Waals surface area contributed by atoms with Crippen molar-refractivity contribution in [2.75, 3.05) is 0 Å². The Bertz CT molecular complexity index is 777. The molecular formula is C16H10Cl2N2O. The van der Waals surface area contributed by atoms with Crippen LogP contribution in [0.1, 0.15) is 16.1 Å². The molecule has 0 bridgehead atoms. The van der Waals surface area contributed by atoms with Gasteiger partial charge >= 0.3 is 0 Å². The van der Waals surface area contributed by atoms with Gasteiger partial charge in [-0.2, -0.15) is 5.10 Å². The molecule has 0 N–H and O–H groups in total. The highest BCUT2D eigenvalue weighted by atomic mass is 35.5. The summed E-state index contributed by atoms with van der Waals surface area (Å²) in [4.78, 5) is 12.7. The first-order valence-corrected chi connectivity index (χ1v) is 7.02. The van der Waals surface area contributed by atoms with E-state index in [0.717, 1.165) is 5.69 Å². The van der Waals surface area contributed by atoms with E-state index in [0.29, 0.717) is 21.3 Å². The normalized spacial score (nSPS) is 10.6. The second-order valence-electron chi connectivity index (χ2n) is 4.39. The van der Waals surface area contributed by atoms with Gasteiger partial charge in [-0.3, -0.25) is 4.79 Å². The van der Waals surface area contributed by atoms with Gasteiger partial charge in [0.05, 0.1) is 27.5 Å². The maximum atomic E-state index is 12.7. The van der Waals surface area contributed by atoms with E-state index in [-0.39, 0.29) is 5.78 Å². The lowest BCUT2D eigenvalue weighted by Crippen LogP contribution is -2.11. The van der Waals surface area contributed by atoms with E-state index >= 15 is 0 Å².